The van der Waals surface area contributed by atoms with E-state index < -0.39 is 0 Å². The zero-order chi connectivity index (χ0) is 13.8. The summed E-state index contributed by atoms with van der Waals surface area (Å²) in [6.45, 7) is 5.40. The molecule has 0 aliphatic rings. The molecule has 2 aromatic rings. The second kappa shape index (κ2) is 5.89. The van der Waals surface area contributed by atoms with Gasteiger partial charge in [-0.25, -0.2) is 4.98 Å². The van der Waals surface area contributed by atoms with Crippen LogP contribution in [-0.2, 0) is 0 Å². The van der Waals surface area contributed by atoms with E-state index in [0.717, 1.165) is 5.69 Å². The summed E-state index contributed by atoms with van der Waals surface area (Å²) in [5.74, 6) is 0.390. The largest absolute Gasteiger partial charge is 0.353 e. The van der Waals surface area contributed by atoms with Crippen molar-refractivity contribution in [3.8, 4) is 5.69 Å². The summed E-state index contributed by atoms with van der Waals surface area (Å²) in [5, 5.41) is 0.311. The first-order chi connectivity index (χ1) is 9.17. The van der Waals surface area contributed by atoms with Gasteiger partial charge in [-0.15, -0.1) is 0 Å². The summed E-state index contributed by atoms with van der Waals surface area (Å²) in [7, 11) is 0. The molecule has 0 unspecified atom stereocenters. The molecule has 0 atom stereocenters. The van der Waals surface area contributed by atoms with Crippen molar-refractivity contribution in [2.45, 2.75) is 13.8 Å². The molecular formula is C14H16ClN3O. The highest BCUT2D eigenvalue weighted by Gasteiger charge is 2.13. The Balaban J connectivity index is 2.61. The van der Waals surface area contributed by atoms with Crippen LogP contribution in [0, 0.1) is 0 Å². The van der Waals surface area contributed by atoms with E-state index >= 15 is 0 Å². The van der Waals surface area contributed by atoms with Crippen molar-refractivity contribution < 1.29 is 0 Å². The third-order valence-corrected chi connectivity index (χ3v) is 3.14. The fraction of sp³-hybridized carbons (Fsp3) is 0.286. The molecule has 100 valence electrons. The number of rotatable bonds is 4. The second-order valence-corrected chi connectivity index (χ2v) is 4.46. The molecule has 1 heterocycles. The number of aromatic nitrogens is 2. The number of halogens is 1. The number of anilines is 1. The van der Waals surface area contributed by atoms with Gasteiger partial charge in [0.2, 0.25) is 0 Å². The van der Waals surface area contributed by atoms with Crippen LogP contribution in [0.2, 0.25) is 5.15 Å². The van der Waals surface area contributed by atoms with Crippen LogP contribution in [0.3, 0.4) is 0 Å². The topological polar surface area (TPSA) is 38.1 Å². The van der Waals surface area contributed by atoms with Gasteiger partial charge in [0, 0.05) is 18.8 Å². The Morgan fingerprint density at radius 1 is 1.21 bits per heavy atom. The minimum absolute atomic E-state index is 0.153. The van der Waals surface area contributed by atoms with Crippen LogP contribution in [0.5, 0.6) is 0 Å². The summed E-state index contributed by atoms with van der Waals surface area (Å²) in [6, 6.07) is 9.40. The Hall–Kier alpha value is -1.81. The van der Waals surface area contributed by atoms with Crippen LogP contribution in [0.4, 0.5) is 5.82 Å². The Morgan fingerprint density at radius 3 is 2.42 bits per heavy atom. The highest BCUT2D eigenvalue weighted by atomic mass is 35.5. The zero-order valence-corrected chi connectivity index (χ0v) is 11.8. The van der Waals surface area contributed by atoms with Gasteiger partial charge >= 0.3 is 0 Å². The molecule has 2 rings (SSSR count). The van der Waals surface area contributed by atoms with Crippen LogP contribution in [-0.4, -0.2) is 22.6 Å². The molecule has 0 aliphatic heterocycles. The Labute approximate surface area is 117 Å². The predicted octanol–water partition coefficient (Wildman–Crippen LogP) is 2.73. The molecule has 0 N–H and O–H groups in total. The van der Waals surface area contributed by atoms with Gasteiger partial charge in [0.05, 0.1) is 6.20 Å². The Kier molecular flexibility index (Phi) is 4.22. The number of para-hydroxylation sites is 1. The fourth-order valence-electron chi connectivity index (χ4n) is 1.96. The van der Waals surface area contributed by atoms with Crippen molar-refractivity contribution >= 4 is 17.4 Å². The minimum atomic E-state index is -0.153. The van der Waals surface area contributed by atoms with Crippen LogP contribution >= 0.6 is 11.6 Å². The molecular weight excluding hydrogens is 262 g/mol. The first-order valence-electron chi connectivity index (χ1n) is 6.27. The lowest BCUT2D eigenvalue weighted by Gasteiger charge is -2.20. The average molecular weight is 278 g/mol. The summed E-state index contributed by atoms with van der Waals surface area (Å²) in [4.78, 5) is 18.5. The lowest BCUT2D eigenvalue weighted by Crippen LogP contribution is -2.32. The average Bonchev–Trinajstić information content (AvgIpc) is 2.44. The van der Waals surface area contributed by atoms with E-state index in [0.29, 0.717) is 24.1 Å². The van der Waals surface area contributed by atoms with Gasteiger partial charge in [0.15, 0.2) is 5.82 Å². The van der Waals surface area contributed by atoms with E-state index in [1.165, 1.54) is 4.57 Å². The smallest absolute Gasteiger partial charge is 0.298 e. The standard InChI is InChI=1S/C14H16ClN3O/c1-3-17(4-2)13-14(19)18(10-12(15)16-13)11-8-6-5-7-9-11/h5-10H,3-4H2,1-2H3. The van der Waals surface area contributed by atoms with E-state index in [1.807, 2.05) is 49.1 Å². The molecule has 4 nitrogen and oxygen atoms in total. The third kappa shape index (κ3) is 2.79. The molecule has 1 aromatic heterocycles. The van der Waals surface area contributed by atoms with Crippen molar-refractivity contribution in [1.29, 1.82) is 0 Å². The molecule has 1 aromatic carbocycles. The van der Waals surface area contributed by atoms with Crippen molar-refractivity contribution in [1.82, 2.24) is 9.55 Å². The van der Waals surface area contributed by atoms with E-state index in [9.17, 15) is 4.79 Å². The van der Waals surface area contributed by atoms with Crippen molar-refractivity contribution in [3.05, 3.63) is 52.0 Å². The molecule has 0 spiro atoms. The van der Waals surface area contributed by atoms with Crippen LogP contribution in [0.1, 0.15) is 13.8 Å². The molecule has 0 amide bonds. The van der Waals surface area contributed by atoms with E-state index in [1.54, 1.807) is 6.20 Å². The molecule has 19 heavy (non-hydrogen) atoms. The second-order valence-electron chi connectivity index (χ2n) is 4.07. The maximum Gasteiger partial charge on any atom is 0.298 e. The molecule has 0 radical (unpaired) electrons. The summed E-state index contributed by atoms with van der Waals surface area (Å²) >= 11 is 6.03. The molecule has 0 saturated carbocycles. The van der Waals surface area contributed by atoms with Gasteiger partial charge in [-0.1, -0.05) is 29.8 Å². The highest BCUT2D eigenvalue weighted by Crippen LogP contribution is 2.13. The monoisotopic (exact) mass is 277 g/mol. The van der Waals surface area contributed by atoms with E-state index in [2.05, 4.69) is 4.98 Å². The van der Waals surface area contributed by atoms with E-state index in [4.69, 9.17) is 11.6 Å². The number of hydrogen-bond donors (Lipinski definition) is 0. The quantitative estimate of drug-likeness (QED) is 0.862. The molecule has 5 heteroatoms. The van der Waals surface area contributed by atoms with Crippen molar-refractivity contribution in [2.24, 2.45) is 0 Å². The fourth-order valence-corrected chi connectivity index (χ4v) is 2.14. The lowest BCUT2D eigenvalue weighted by molar-refractivity contribution is 0.815. The normalized spacial score (nSPS) is 10.5. The van der Waals surface area contributed by atoms with Gasteiger partial charge in [-0.3, -0.25) is 9.36 Å². The number of hydrogen-bond acceptors (Lipinski definition) is 3. The highest BCUT2D eigenvalue weighted by molar-refractivity contribution is 6.29. The van der Waals surface area contributed by atoms with Gasteiger partial charge in [-0.2, -0.15) is 0 Å². The van der Waals surface area contributed by atoms with Crippen LogP contribution in [0.25, 0.3) is 5.69 Å². The molecule has 0 fully saturated rings. The Bertz CT molecular complexity index is 606. The summed E-state index contributed by atoms with van der Waals surface area (Å²) in [6.07, 6.45) is 1.55. The summed E-state index contributed by atoms with van der Waals surface area (Å²) in [5.41, 5.74) is 0.629. The van der Waals surface area contributed by atoms with Crippen LogP contribution < -0.4 is 10.5 Å². The minimum Gasteiger partial charge on any atom is -0.353 e. The maximum absolute atomic E-state index is 12.5. The Morgan fingerprint density at radius 2 is 1.84 bits per heavy atom. The SMILES string of the molecule is CCN(CC)c1nc(Cl)cn(-c2ccccc2)c1=O. The molecule has 0 bridgehead atoms. The van der Waals surface area contributed by atoms with Crippen LogP contribution in [0.15, 0.2) is 41.3 Å². The maximum atomic E-state index is 12.5. The predicted molar refractivity (Wildman–Crippen MR) is 78.4 cm³/mol. The molecule has 0 aliphatic carbocycles. The third-order valence-electron chi connectivity index (χ3n) is 2.96. The molecule has 0 saturated heterocycles. The van der Waals surface area contributed by atoms with E-state index in [-0.39, 0.29) is 5.56 Å². The van der Waals surface area contributed by atoms with Gasteiger partial charge in [0.25, 0.3) is 5.56 Å². The van der Waals surface area contributed by atoms with Crippen molar-refractivity contribution in [3.63, 3.8) is 0 Å². The first-order valence-corrected chi connectivity index (χ1v) is 6.64. The lowest BCUT2D eigenvalue weighted by atomic mass is 10.3. The zero-order valence-electron chi connectivity index (χ0n) is 11.0. The number of benzene rings is 1. The van der Waals surface area contributed by atoms with Crippen molar-refractivity contribution in [2.75, 3.05) is 18.0 Å². The number of nitrogens with zero attached hydrogens (tertiary/aromatic N) is 3. The van der Waals surface area contributed by atoms with Gasteiger partial charge in [-0.05, 0) is 26.0 Å². The first kappa shape index (κ1) is 13.6. The van der Waals surface area contributed by atoms with Gasteiger partial charge < -0.3 is 4.90 Å². The summed E-state index contributed by atoms with van der Waals surface area (Å²) < 4.78 is 1.53. The van der Waals surface area contributed by atoms with Gasteiger partial charge in [0.1, 0.15) is 5.15 Å².